The van der Waals surface area contributed by atoms with Gasteiger partial charge in [0.05, 0.1) is 21.8 Å². The summed E-state index contributed by atoms with van der Waals surface area (Å²) in [5.41, 5.74) is 6.08. The largest absolute Gasteiger partial charge is 0.507 e. The van der Waals surface area contributed by atoms with Crippen LogP contribution in [-0.4, -0.2) is 21.8 Å². The summed E-state index contributed by atoms with van der Waals surface area (Å²) in [4.78, 5) is 33.0. The maximum atomic E-state index is 13.4. The summed E-state index contributed by atoms with van der Waals surface area (Å²) < 4.78 is 0.954. The second kappa shape index (κ2) is 8.22. The number of carbonyl (C=O) groups is 2. The minimum atomic E-state index is -0.775. The molecule has 1 aromatic heterocycles. The molecule has 0 saturated carbocycles. The highest BCUT2D eigenvalue weighted by Crippen LogP contribution is 2.45. The number of amides is 1. The SMILES string of the molecule is Cc1ccc(C)c(C(O)=C2C(=O)C(=O)N(c3nc4c(C)cc(C)cc4s3)C2c2ccccc2)c1. The Labute approximate surface area is 202 Å². The molecule has 1 aliphatic rings. The predicted octanol–water partition coefficient (Wildman–Crippen LogP) is 6.16. The van der Waals surface area contributed by atoms with E-state index in [9.17, 15) is 14.7 Å². The number of thiazole rings is 1. The lowest BCUT2D eigenvalue weighted by Crippen LogP contribution is -2.29. The Hall–Kier alpha value is -3.77. The van der Waals surface area contributed by atoms with Crippen molar-refractivity contribution in [2.24, 2.45) is 0 Å². The first-order chi connectivity index (χ1) is 16.3. The number of aliphatic hydroxyl groups is 1. The zero-order chi connectivity index (χ0) is 24.1. The number of fused-ring (bicyclic) bond motifs is 1. The van der Waals surface area contributed by atoms with E-state index in [-0.39, 0.29) is 11.3 Å². The number of hydrogen-bond acceptors (Lipinski definition) is 5. The maximum Gasteiger partial charge on any atom is 0.301 e. The number of ketones is 1. The van der Waals surface area contributed by atoms with Crippen LogP contribution in [0.15, 0.2) is 66.2 Å². The Bertz CT molecular complexity index is 1500. The van der Waals surface area contributed by atoms with E-state index in [1.165, 1.54) is 16.2 Å². The van der Waals surface area contributed by atoms with Crippen LogP contribution in [0.5, 0.6) is 0 Å². The maximum absolute atomic E-state index is 13.4. The highest BCUT2D eigenvalue weighted by molar-refractivity contribution is 7.22. The molecule has 0 bridgehead atoms. The van der Waals surface area contributed by atoms with Gasteiger partial charge in [-0.15, -0.1) is 0 Å². The summed E-state index contributed by atoms with van der Waals surface area (Å²) in [7, 11) is 0. The molecule has 2 heterocycles. The van der Waals surface area contributed by atoms with Crippen LogP contribution < -0.4 is 4.90 Å². The molecule has 170 valence electrons. The third-order valence-electron chi connectivity index (χ3n) is 6.23. The predicted molar refractivity (Wildman–Crippen MR) is 136 cm³/mol. The highest BCUT2D eigenvalue weighted by Gasteiger charge is 2.48. The van der Waals surface area contributed by atoms with Crippen LogP contribution in [0.1, 0.15) is 39.4 Å². The Balaban J connectivity index is 1.76. The molecule has 1 atom stereocenters. The zero-order valence-corrected chi connectivity index (χ0v) is 20.2. The van der Waals surface area contributed by atoms with Crippen molar-refractivity contribution in [2.45, 2.75) is 33.7 Å². The molecular weight excluding hydrogens is 444 g/mol. The molecule has 3 aromatic carbocycles. The van der Waals surface area contributed by atoms with Crippen molar-refractivity contribution in [1.29, 1.82) is 0 Å². The van der Waals surface area contributed by atoms with Gasteiger partial charge in [0, 0.05) is 5.56 Å². The Kier molecular flexibility index (Phi) is 5.33. The van der Waals surface area contributed by atoms with Gasteiger partial charge in [-0.05, 0) is 62.1 Å². The summed E-state index contributed by atoms with van der Waals surface area (Å²) in [6, 6.07) is 18.3. The molecular formula is C28H24N2O3S. The van der Waals surface area contributed by atoms with Gasteiger partial charge >= 0.3 is 5.91 Å². The molecule has 0 spiro atoms. The van der Waals surface area contributed by atoms with E-state index in [1.807, 2.05) is 82.3 Å². The van der Waals surface area contributed by atoms with Gasteiger partial charge < -0.3 is 5.11 Å². The molecule has 1 amide bonds. The Morgan fingerprint density at radius 2 is 1.65 bits per heavy atom. The van der Waals surface area contributed by atoms with Crippen molar-refractivity contribution in [2.75, 3.05) is 4.90 Å². The van der Waals surface area contributed by atoms with E-state index in [2.05, 4.69) is 6.07 Å². The van der Waals surface area contributed by atoms with Gasteiger partial charge in [0.25, 0.3) is 5.78 Å². The first-order valence-electron chi connectivity index (χ1n) is 11.1. The van der Waals surface area contributed by atoms with E-state index in [0.29, 0.717) is 10.7 Å². The third-order valence-corrected chi connectivity index (χ3v) is 7.23. The van der Waals surface area contributed by atoms with Gasteiger partial charge in [0.2, 0.25) is 0 Å². The lowest BCUT2D eigenvalue weighted by molar-refractivity contribution is -0.132. The monoisotopic (exact) mass is 468 g/mol. The second-order valence-electron chi connectivity index (χ2n) is 8.82. The van der Waals surface area contributed by atoms with Crippen molar-refractivity contribution < 1.29 is 14.7 Å². The van der Waals surface area contributed by atoms with Gasteiger partial charge in [0.1, 0.15) is 5.76 Å². The first kappa shape index (κ1) is 22.0. The van der Waals surface area contributed by atoms with E-state index >= 15 is 0 Å². The Morgan fingerprint density at radius 1 is 0.912 bits per heavy atom. The number of aromatic nitrogens is 1. The number of rotatable bonds is 3. The minimum Gasteiger partial charge on any atom is -0.507 e. The lowest BCUT2D eigenvalue weighted by Gasteiger charge is -2.23. The zero-order valence-electron chi connectivity index (χ0n) is 19.4. The molecule has 1 N–H and O–H groups in total. The van der Waals surface area contributed by atoms with Crippen LogP contribution in [0.3, 0.4) is 0 Å². The number of nitrogens with zero attached hydrogens (tertiary/aromatic N) is 2. The average molecular weight is 469 g/mol. The number of aryl methyl sites for hydroxylation is 4. The smallest absolute Gasteiger partial charge is 0.301 e. The Morgan fingerprint density at radius 3 is 2.38 bits per heavy atom. The number of hydrogen-bond donors (Lipinski definition) is 1. The average Bonchev–Trinajstić information content (AvgIpc) is 3.34. The fraction of sp³-hybridized carbons (Fsp3) is 0.179. The summed E-state index contributed by atoms with van der Waals surface area (Å²) in [5.74, 6) is -1.56. The van der Waals surface area contributed by atoms with Crippen LogP contribution in [0, 0.1) is 27.7 Å². The topological polar surface area (TPSA) is 70.5 Å². The van der Waals surface area contributed by atoms with Gasteiger partial charge in [-0.1, -0.05) is 65.4 Å². The summed E-state index contributed by atoms with van der Waals surface area (Å²) in [6.45, 7) is 7.81. The molecule has 5 nitrogen and oxygen atoms in total. The lowest BCUT2D eigenvalue weighted by atomic mass is 9.93. The fourth-order valence-electron chi connectivity index (χ4n) is 4.58. The number of aliphatic hydroxyl groups excluding tert-OH is 1. The molecule has 4 aromatic rings. The van der Waals surface area contributed by atoms with Gasteiger partial charge in [-0.2, -0.15) is 0 Å². The summed E-state index contributed by atoms with van der Waals surface area (Å²) >= 11 is 1.38. The highest BCUT2D eigenvalue weighted by atomic mass is 32.1. The van der Waals surface area contributed by atoms with Crippen LogP contribution in [0.4, 0.5) is 5.13 Å². The standard InChI is InChI=1S/C28H24N2O3S/c1-15-10-11-17(3)20(13-15)25(31)22-24(19-8-6-5-7-9-19)30(27(33)26(22)32)28-29-23-18(4)12-16(2)14-21(23)34-28/h5-14,24,31H,1-4H3. The van der Waals surface area contributed by atoms with E-state index in [4.69, 9.17) is 4.98 Å². The number of benzene rings is 3. The van der Waals surface area contributed by atoms with Crippen LogP contribution in [0.2, 0.25) is 0 Å². The number of carbonyl (C=O) groups excluding carboxylic acids is 2. The first-order valence-corrected chi connectivity index (χ1v) is 11.9. The molecule has 6 heteroatoms. The molecule has 34 heavy (non-hydrogen) atoms. The van der Waals surface area contributed by atoms with Gasteiger partial charge in [-0.25, -0.2) is 4.98 Å². The quantitative estimate of drug-likeness (QED) is 0.222. The van der Waals surface area contributed by atoms with E-state index in [0.717, 1.165) is 38.0 Å². The van der Waals surface area contributed by atoms with E-state index in [1.54, 1.807) is 0 Å². The minimum absolute atomic E-state index is 0.0806. The molecule has 1 aliphatic heterocycles. The van der Waals surface area contributed by atoms with Crippen molar-refractivity contribution in [3.05, 3.63) is 99.6 Å². The van der Waals surface area contributed by atoms with Crippen LogP contribution in [-0.2, 0) is 9.59 Å². The van der Waals surface area contributed by atoms with Crippen molar-refractivity contribution in [1.82, 2.24) is 4.98 Å². The second-order valence-corrected chi connectivity index (χ2v) is 9.83. The number of anilines is 1. The molecule has 0 radical (unpaired) electrons. The van der Waals surface area contributed by atoms with Crippen molar-refractivity contribution in [3.8, 4) is 0 Å². The van der Waals surface area contributed by atoms with Crippen molar-refractivity contribution >= 4 is 44.1 Å². The van der Waals surface area contributed by atoms with Crippen molar-refractivity contribution in [3.63, 3.8) is 0 Å². The third kappa shape index (κ3) is 3.51. The van der Waals surface area contributed by atoms with Crippen LogP contribution in [0.25, 0.3) is 16.0 Å². The summed E-state index contributed by atoms with van der Waals surface area (Å²) in [6.07, 6.45) is 0. The van der Waals surface area contributed by atoms with Gasteiger partial charge in [0.15, 0.2) is 5.13 Å². The van der Waals surface area contributed by atoms with Gasteiger partial charge in [-0.3, -0.25) is 14.5 Å². The molecule has 1 saturated heterocycles. The molecule has 0 aliphatic carbocycles. The van der Waals surface area contributed by atoms with Crippen LogP contribution >= 0.6 is 11.3 Å². The molecule has 5 rings (SSSR count). The van der Waals surface area contributed by atoms with E-state index < -0.39 is 17.7 Å². The normalized spacial score (nSPS) is 17.6. The molecule has 1 fully saturated rings. The molecule has 1 unspecified atom stereocenters. The fourth-order valence-corrected chi connectivity index (χ4v) is 5.75. The summed E-state index contributed by atoms with van der Waals surface area (Å²) in [5, 5.41) is 11.8. The number of Topliss-reactive ketones (excluding diaryl/α,β-unsaturated/α-hetero) is 1.